The van der Waals surface area contributed by atoms with Gasteiger partial charge in [-0.05, 0) is 19.8 Å². The summed E-state index contributed by atoms with van der Waals surface area (Å²) in [6.07, 6.45) is 1.82. The largest absolute Gasteiger partial charge is 1.00 e. The van der Waals surface area contributed by atoms with Crippen molar-refractivity contribution >= 4 is 29.4 Å². The third-order valence-corrected chi connectivity index (χ3v) is 6.48. The normalized spacial score (nSPS) is 19.2. The summed E-state index contributed by atoms with van der Waals surface area (Å²) in [6, 6.07) is 0. The SMILES string of the molecule is CCC(C)OP(=O)([S-])SC(C)CC.[Na+]. The first-order valence-electron chi connectivity index (χ1n) is 4.59. The third-order valence-electron chi connectivity index (χ3n) is 1.77. The standard InChI is InChI=1S/C8H19O2PS2.Na/c1-5-7(3)10-11(9,12)13-8(4)6-2;/h7-8H,5-6H2,1-4H3,(H,9,12);/q;+1/p-1. The molecule has 0 amide bonds. The van der Waals surface area contributed by atoms with Crippen LogP contribution in [-0.2, 0) is 21.3 Å². The molecule has 0 spiro atoms. The molecule has 80 valence electrons. The van der Waals surface area contributed by atoms with Gasteiger partial charge in [-0.15, -0.1) is 0 Å². The molecule has 0 rings (SSSR count). The molecule has 0 aromatic heterocycles. The van der Waals surface area contributed by atoms with Gasteiger partial charge in [-0.2, -0.15) is 0 Å². The zero-order valence-electron chi connectivity index (χ0n) is 9.65. The summed E-state index contributed by atoms with van der Waals surface area (Å²) in [7, 11) is 0. The fourth-order valence-electron chi connectivity index (χ4n) is 0.615. The van der Waals surface area contributed by atoms with Gasteiger partial charge in [-0.1, -0.05) is 32.2 Å². The van der Waals surface area contributed by atoms with Crippen LogP contribution in [0.4, 0.5) is 0 Å². The molecule has 14 heavy (non-hydrogen) atoms. The van der Waals surface area contributed by atoms with Crippen molar-refractivity contribution in [3.8, 4) is 0 Å². The van der Waals surface area contributed by atoms with Crippen molar-refractivity contribution in [2.45, 2.75) is 51.9 Å². The van der Waals surface area contributed by atoms with Crippen molar-refractivity contribution in [2.75, 3.05) is 0 Å². The van der Waals surface area contributed by atoms with Crippen LogP contribution in [0.3, 0.4) is 0 Å². The average Bonchev–Trinajstić information content (AvgIpc) is 2.02. The van der Waals surface area contributed by atoms with Crippen molar-refractivity contribution in [1.82, 2.24) is 0 Å². The van der Waals surface area contributed by atoms with Crippen molar-refractivity contribution in [1.29, 1.82) is 0 Å². The first-order valence-corrected chi connectivity index (χ1v) is 8.71. The quantitative estimate of drug-likeness (QED) is 0.406. The van der Waals surface area contributed by atoms with Crippen LogP contribution in [0.1, 0.15) is 40.5 Å². The van der Waals surface area contributed by atoms with Crippen LogP contribution in [0.25, 0.3) is 0 Å². The third kappa shape index (κ3) is 9.14. The Bertz CT molecular complexity index is 176. The van der Waals surface area contributed by atoms with E-state index in [-0.39, 0.29) is 35.7 Å². The van der Waals surface area contributed by atoms with E-state index >= 15 is 0 Å². The Morgan fingerprint density at radius 2 is 1.86 bits per heavy atom. The molecule has 0 aliphatic carbocycles. The van der Waals surface area contributed by atoms with E-state index in [9.17, 15) is 4.57 Å². The van der Waals surface area contributed by atoms with Crippen molar-refractivity contribution < 1.29 is 38.6 Å². The fourth-order valence-corrected chi connectivity index (χ4v) is 5.97. The van der Waals surface area contributed by atoms with Crippen LogP contribution < -0.4 is 29.6 Å². The van der Waals surface area contributed by atoms with Gasteiger partial charge in [-0.3, -0.25) is 0 Å². The predicted molar refractivity (Wildman–Crippen MR) is 63.2 cm³/mol. The van der Waals surface area contributed by atoms with Gasteiger partial charge >= 0.3 is 29.6 Å². The summed E-state index contributed by atoms with van der Waals surface area (Å²) in [5.74, 6) is -2.84. The summed E-state index contributed by atoms with van der Waals surface area (Å²) >= 11 is 6.22. The molecule has 0 aromatic rings. The first-order chi connectivity index (χ1) is 5.91. The second-order valence-corrected chi connectivity index (χ2v) is 9.43. The first kappa shape index (κ1) is 18.3. The van der Waals surface area contributed by atoms with E-state index in [1.54, 1.807) is 0 Å². The molecular formula is C8H18NaO2PS2. The van der Waals surface area contributed by atoms with Gasteiger partial charge in [-0.25, -0.2) is 0 Å². The summed E-state index contributed by atoms with van der Waals surface area (Å²) in [5.41, 5.74) is 0. The van der Waals surface area contributed by atoms with Gasteiger partial charge < -0.3 is 21.3 Å². The maximum atomic E-state index is 11.7. The van der Waals surface area contributed by atoms with E-state index in [4.69, 9.17) is 16.8 Å². The molecule has 0 aliphatic rings. The van der Waals surface area contributed by atoms with Gasteiger partial charge in [0.15, 0.2) is 0 Å². The van der Waals surface area contributed by atoms with Crippen molar-refractivity contribution in [3.63, 3.8) is 0 Å². The number of hydrogen-bond acceptors (Lipinski definition) is 4. The minimum atomic E-state index is -2.84. The van der Waals surface area contributed by atoms with Crippen LogP contribution in [0.5, 0.6) is 0 Å². The minimum Gasteiger partial charge on any atom is -0.678 e. The summed E-state index contributed by atoms with van der Waals surface area (Å²) in [5, 5.41) is 0.312. The Morgan fingerprint density at radius 1 is 1.36 bits per heavy atom. The van der Waals surface area contributed by atoms with Crippen LogP contribution in [-0.4, -0.2) is 11.4 Å². The van der Waals surface area contributed by atoms with Gasteiger partial charge in [0.1, 0.15) is 5.77 Å². The molecule has 0 heterocycles. The maximum Gasteiger partial charge on any atom is 1.00 e. The molecule has 0 saturated heterocycles. The average molecular weight is 264 g/mol. The second-order valence-electron chi connectivity index (χ2n) is 3.10. The van der Waals surface area contributed by atoms with Gasteiger partial charge in [0.25, 0.3) is 0 Å². The number of hydrogen-bond donors (Lipinski definition) is 0. The van der Waals surface area contributed by atoms with Crippen LogP contribution >= 0.6 is 17.2 Å². The van der Waals surface area contributed by atoms with E-state index in [2.05, 4.69) is 6.92 Å². The second kappa shape index (κ2) is 8.98. The number of rotatable bonds is 6. The molecular weight excluding hydrogens is 246 g/mol. The Hall–Kier alpha value is 1.89. The molecule has 0 aliphatic heterocycles. The molecule has 0 saturated carbocycles. The fraction of sp³-hybridized carbons (Fsp3) is 1.00. The Kier molecular flexibility index (Phi) is 11.7. The van der Waals surface area contributed by atoms with Gasteiger partial charge in [0.05, 0.1) is 6.10 Å². The Labute approximate surface area is 119 Å². The van der Waals surface area contributed by atoms with Crippen molar-refractivity contribution in [3.05, 3.63) is 0 Å². The van der Waals surface area contributed by atoms with E-state index < -0.39 is 5.77 Å². The predicted octanol–water partition coefficient (Wildman–Crippen LogP) is 0.992. The summed E-state index contributed by atoms with van der Waals surface area (Å²) in [6.45, 7) is 7.96. The zero-order valence-corrected chi connectivity index (χ0v) is 14.2. The monoisotopic (exact) mass is 264 g/mol. The molecule has 0 radical (unpaired) electrons. The van der Waals surface area contributed by atoms with Crippen LogP contribution in [0.15, 0.2) is 0 Å². The molecule has 0 N–H and O–H groups in total. The molecule has 0 fully saturated rings. The zero-order chi connectivity index (χ0) is 10.5. The molecule has 0 aromatic carbocycles. The summed E-state index contributed by atoms with van der Waals surface area (Å²) < 4.78 is 17.0. The minimum absolute atomic E-state index is 0. The van der Waals surface area contributed by atoms with Gasteiger partial charge in [0.2, 0.25) is 0 Å². The smallest absolute Gasteiger partial charge is 0.678 e. The molecule has 3 unspecified atom stereocenters. The van der Waals surface area contributed by atoms with Crippen molar-refractivity contribution in [2.24, 2.45) is 0 Å². The van der Waals surface area contributed by atoms with E-state index in [1.165, 1.54) is 11.4 Å². The van der Waals surface area contributed by atoms with Crippen LogP contribution in [0, 0.1) is 0 Å². The Balaban J connectivity index is 0. The van der Waals surface area contributed by atoms with E-state index in [1.807, 2.05) is 20.8 Å². The van der Waals surface area contributed by atoms with E-state index in [0.717, 1.165) is 12.8 Å². The molecule has 6 heteroatoms. The Morgan fingerprint density at radius 3 is 2.21 bits per heavy atom. The van der Waals surface area contributed by atoms with Gasteiger partial charge in [0, 0.05) is 5.25 Å². The maximum absolute atomic E-state index is 11.7. The van der Waals surface area contributed by atoms with Crippen LogP contribution in [0.2, 0.25) is 0 Å². The van der Waals surface area contributed by atoms with E-state index in [0.29, 0.717) is 5.25 Å². The molecule has 2 nitrogen and oxygen atoms in total. The summed E-state index contributed by atoms with van der Waals surface area (Å²) in [4.78, 5) is 0. The topological polar surface area (TPSA) is 26.3 Å². The molecule has 0 bridgehead atoms. The molecule has 3 atom stereocenters.